The van der Waals surface area contributed by atoms with Crippen LogP contribution in [0.4, 0.5) is 5.69 Å². The number of carbonyl (C=O) groups excluding carboxylic acids is 1. The van der Waals surface area contributed by atoms with E-state index in [-0.39, 0.29) is 5.91 Å². The van der Waals surface area contributed by atoms with Crippen LogP contribution in [0.5, 0.6) is 0 Å². The van der Waals surface area contributed by atoms with Crippen molar-refractivity contribution >= 4 is 22.9 Å². The van der Waals surface area contributed by atoms with Crippen LogP contribution >= 0.6 is 11.3 Å². The summed E-state index contributed by atoms with van der Waals surface area (Å²) < 4.78 is 0. The van der Waals surface area contributed by atoms with Crippen molar-refractivity contribution in [3.8, 4) is 11.3 Å². The molecule has 1 aromatic carbocycles. The first-order valence-corrected chi connectivity index (χ1v) is 7.57. The second-order valence-corrected chi connectivity index (χ2v) is 5.78. The van der Waals surface area contributed by atoms with Crippen LogP contribution in [0, 0.1) is 6.92 Å². The van der Waals surface area contributed by atoms with Crippen molar-refractivity contribution < 1.29 is 4.79 Å². The van der Waals surface area contributed by atoms with Crippen molar-refractivity contribution in [1.29, 1.82) is 0 Å². The molecule has 0 aliphatic rings. The molecule has 0 aliphatic heterocycles. The Morgan fingerprint density at radius 1 is 1.50 bits per heavy atom. The fourth-order valence-corrected chi connectivity index (χ4v) is 2.55. The Hall–Kier alpha value is -1.72. The molecule has 3 N–H and O–H groups in total. The van der Waals surface area contributed by atoms with Gasteiger partial charge in [-0.2, -0.15) is 0 Å². The molecule has 1 aromatic heterocycles. The number of carbonyl (C=O) groups is 1. The fourth-order valence-electron chi connectivity index (χ4n) is 1.93. The van der Waals surface area contributed by atoms with Gasteiger partial charge in [0, 0.05) is 16.6 Å². The van der Waals surface area contributed by atoms with Crippen LogP contribution in [-0.2, 0) is 4.79 Å². The van der Waals surface area contributed by atoms with Gasteiger partial charge in [-0.15, -0.1) is 11.3 Å². The minimum Gasteiger partial charge on any atom is -0.325 e. The van der Waals surface area contributed by atoms with E-state index in [2.05, 4.69) is 10.3 Å². The maximum absolute atomic E-state index is 11.9. The molecule has 1 atom stereocenters. The van der Waals surface area contributed by atoms with Gasteiger partial charge in [-0.25, -0.2) is 4.98 Å². The molecule has 2 aromatic rings. The lowest BCUT2D eigenvalue weighted by Gasteiger charge is -2.11. The molecule has 1 heterocycles. The van der Waals surface area contributed by atoms with Crippen LogP contribution < -0.4 is 11.1 Å². The quantitative estimate of drug-likeness (QED) is 0.888. The summed E-state index contributed by atoms with van der Waals surface area (Å²) in [4.78, 5) is 16.4. The van der Waals surface area contributed by atoms with Gasteiger partial charge in [0.05, 0.1) is 16.7 Å². The molecule has 20 heavy (non-hydrogen) atoms. The Bertz CT molecular complexity index is 594. The molecule has 0 radical (unpaired) electrons. The number of hydrogen-bond acceptors (Lipinski definition) is 4. The number of aryl methyl sites for hydroxylation is 1. The molecule has 0 fully saturated rings. The summed E-state index contributed by atoms with van der Waals surface area (Å²) in [5.74, 6) is -0.140. The normalized spacial score (nSPS) is 12.2. The number of aromatic nitrogens is 1. The first-order chi connectivity index (χ1) is 9.60. The third-order valence-electron chi connectivity index (χ3n) is 2.98. The molecule has 2 rings (SSSR count). The van der Waals surface area contributed by atoms with Gasteiger partial charge in [-0.1, -0.05) is 25.5 Å². The highest BCUT2D eigenvalue weighted by atomic mass is 32.1. The van der Waals surface area contributed by atoms with E-state index < -0.39 is 6.04 Å². The monoisotopic (exact) mass is 289 g/mol. The molecule has 5 heteroatoms. The van der Waals surface area contributed by atoms with Crippen molar-refractivity contribution in [3.05, 3.63) is 34.7 Å². The van der Waals surface area contributed by atoms with Crippen LogP contribution in [0.1, 0.15) is 24.8 Å². The first kappa shape index (κ1) is 14.7. The first-order valence-electron chi connectivity index (χ1n) is 6.69. The van der Waals surface area contributed by atoms with Crippen LogP contribution in [0.25, 0.3) is 11.3 Å². The summed E-state index contributed by atoms with van der Waals surface area (Å²) in [7, 11) is 0. The zero-order chi connectivity index (χ0) is 14.5. The third kappa shape index (κ3) is 3.65. The Morgan fingerprint density at radius 3 is 2.95 bits per heavy atom. The third-order valence-corrected chi connectivity index (χ3v) is 3.75. The molecule has 0 spiro atoms. The molecular formula is C15H19N3OS. The molecule has 0 aliphatic carbocycles. The summed E-state index contributed by atoms with van der Waals surface area (Å²) in [6.45, 7) is 3.99. The van der Waals surface area contributed by atoms with Crippen molar-refractivity contribution in [2.24, 2.45) is 5.73 Å². The molecule has 0 bridgehead atoms. The summed E-state index contributed by atoms with van der Waals surface area (Å²) in [6, 6.07) is 7.22. The second-order valence-electron chi connectivity index (χ2n) is 4.72. The molecular weight excluding hydrogens is 270 g/mol. The smallest absolute Gasteiger partial charge is 0.241 e. The van der Waals surface area contributed by atoms with Crippen LogP contribution in [0.3, 0.4) is 0 Å². The van der Waals surface area contributed by atoms with Crippen molar-refractivity contribution in [2.45, 2.75) is 32.7 Å². The molecule has 0 saturated carbocycles. The fraction of sp³-hybridized carbons (Fsp3) is 0.333. The van der Waals surface area contributed by atoms with Gasteiger partial charge in [-0.05, 0) is 25.5 Å². The predicted molar refractivity (Wildman–Crippen MR) is 83.8 cm³/mol. The Labute approximate surface area is 123 Å². The Balaban J connectivity index is 2.12. The second kappa shape index (κ2) is 6.63. The van der Waals surface area contributed by atoms with E-state index in [0.717, 1.165) is 28.4 Å². The van der Waals surface area contributed by atoms with Crippen LogP contribution in [-0.4, -0.2) is 16.9 Å². The maximum atomic E-state index is 11.9. The highest BCUT2D eigenvalue weighted by Crippen LogP contribution is 2.24. The highest BCUT2D eigenvalue weighted by Gasteiger charge is 2.12. The van der Waals surface area contributed by atoms with Gasteiger partial charge in [0.1, 0.15) is 0 Å². The number of rotatable bonds is 5. The van der Waals surface area contributed by atoms with Crippen LogP contribution in [0.15, 0.2) is 29.6 Å². The topological polar surface area (TPSA) is 68.0 Å². The van der Waals surface area contributed by atoms with Gasteiger partial charge >= 0.3 is 0 Å². The average Bonchev–Trinajstić information content (AvgIpc) is 2.86. The van der Waals surface area contributed by atoms with E-state index in [1.54, 1.807) is 11.3 Å². The number of thiazole rings is 1. The zero-order valence-electron chi connectivity index (χ0n) is 11.7. The number of nitrogens with zero attached hydrogens (tertiary/aromatic N) is 1. The van der Waals surface area contributed by atoms with E-state index in [4.69, 9.17) is 5.73 Å². The van der Waals surface area contributed by atoms with Gasteiger partial charge in [0.2, 0.25) is 5.91 Å². The molecule has 1 amide bonds. The molecule has 0 saturated heterocycles. The largest absolute Gasteiger partial charge is 0.325 e. The summed E-state index contributed by atoms with van der Waals surface area (Å²) in [5, 5.41) is 5.90. The van der Waals surface area contributed by atoms with E-state index in [1.165, 1.54) is 0 Å². The van der Waals surface area contributed by atoms with Gasteiger partial charge in [0.25, 0.3) is 0 Å². The Morgan fingerprint density at radius 2 is 2.30 bits per heavy atom. The number of hydrogen-bond donors (Lipinski definition) is 2. The van der Waals surface area contributed by atoms with Gasteiger partial charge in [0.15, 0.2) is 0 Å². The average molecular weight is 289 g/mol. The van der Waals surface area contributed by atoms with E-state index >= 15 is 0 Å². The van der Waals surface area contributed by atoms with Gasteiger partial charge in [-0.3, -0.25) is 4.79 Å². The lowest BCUT2D eigenvalue weighted by Crippen LogP contribution is -2.35. The zero-order valence-corrected chi connectivity index (χ0v) is 12.5. The number of benzene rings is 1. The Kier molecular flexibility index (Phi) is 4.87. The van der Waals surface area contributed by atoms with E-state index in [9.17, 15) is 4.79 Å². The van der Waals surface area contributed by atoms with Crippen molar-refractivity contribution in [3.63, 3.8) is 0 Å². The standard InChI is InChI=1S/C15H19N3OS/c1-3-5-13(16)15(19)18-12-7-4-6-11(8-12)14-9-20-10(2)17-14/h4,6-9,13H,3,5,16H2,1-2H3,(H,18,19)/t13-/m0/s1. The minimum absolute atomic E-state index is 0.140. The predicted octanol–water partition coefficient (Wildman–Crippen LogP) is 3.18. The lowest BCUT2D eigenvalue weighted by molar-refractivity contribution is -0.117. The summed E-state index contributed by atoms with van der Waals surface area (Å²) >= 11 is 1.61. The van der Waals surface area contributed by atoms with E-state index in [0.29, 0.717) is 6.42 Å². The van der Waals surface area contributed by atoms with Gasteiger partial charge < -0.3 is 11.1 Å². The van der Waals surface area contributed by atoms with Crippen molar-refractivity contribution in [2.75, 3.05) is 5.32 Å². The van der Waals surface area contributed by atoms with E-state index in [1.807, 2.05) is 43.5 Å². The lowest BCUT2D eigenvalue weighted by atomic mass is 10.1. The summed E-state index contributed by atoms with van der Waals surface area (Å²) in [6.07, 6.45) is 1.59. The molecule has 4 nitrogen and oxygen atoms in total. The van der Waals surface area contributed by atoms with Crippen LogP contribution in [0.2, 0.25) is 0 Å². The summed E-state index contributed by atoms with van der Waals surface area (Å²) in [5.41, 5.74) is 8.49. The number of nitrogens with one attached hydrogen (secondary N) is 1. The molecule has 0 unspecified atom stereocenters. The van der Waals surface area contributed by atoms with Crippen molar-refractivity contribution in [1.82, 2.24) is 4.98 Å². The SMILES string of the molecule is CCC[C@H](N)C(=O)Nc1cccc(-c2csc(C)n2)c1. The number of anilines is 1. The highest BCUT2D eigenvalue weighted by molar-refractivity contribution is 7.09. The number of nitrogens with two attached hydrogens (primary N) is 1. The minimum atomic E-state index is -0.454. The molecule has 106 valence electrons. The number of amides is 1. The maximum Gasteiger partial charge on any atom is 0.241 e.